The average molecular weight is 286 g/mol. The highest BCUT2D eigenvalue weighted by Crippen LogP contribution is 2.22. The number of tetrazole rings is 1. The maximum Gasteiger partial charge on any atom is 0.261 e. The molecule has 21 heavy (non-hydrogen) atoms. The van der Waals surface area contributed by atoms with Gasteiger partial charge in [0.25, 0.3) is 11.8 Å². The van der Waals surface area contributed by atoms with Crippen LogP contribution in [0.25, 0.3) is 0 Å². The number of aromatic nitrogens is 4. The van der Waals surface area contributed by atoms with Gasteiger partial charge in [0, 0.05) is 6.54 Å². The molecule has 0 radical (unpaired) electrons. The van der Waals surface area contributed by atoms with Crippen LogP contribution in [-0.4, -0.2) is 50.4 Å². The number of benzene rings is 1. The number of hydrogen-bond donors (Lipinski definition) is 2. The molecule has 0 aliphatic carbocycles. The number of amides is 2. The average Bonchev–Trinajstić information content (AvgIpc) is 3.10. The van der Waals surface area contributed by atoms with Gasteiger partial charge >= 0.3 is 0 Å². The van der Waals surface area contributed by atoms with Crippen molar-refractivity contribution >= 4 is 11.8 Å². The zero-order valence-electron chi connectivity index (χ0n) is 11.2. The van der Waals surface area contributed by atoms with Gasteiger partial charge in [-0.2, -0.15) is 5.21 Å². The van der Waals surface area contributed by atoms with E-state index in [0.29, 0.717) is 43.0 Å². The Hall–Kier alpha value is -2.61. The molecule has 3 rings (SSSR count). The lowest BCUT2D eigenvalue weighted by molar-refractivity contribution is 0.0652. The van der Waals surface area contributed by atoms with E-state index in [1.807, 2.05) is 0 Å². The largest absolute Gasteiger partial charge is 0.310 e. The van der Waals surface area contributed by atoms with Crippen LogP contribution in [-0.2, 0) is 6.54 Å². The number of nitrogens with zero attached hydrogens (tertiary/aromatic N) is 4. The Labute approximate surface area is 120 Å². The molecule has 0 fully saturated rings. The van der Waals surface area contributed by atoms with Crippen molar-refractivity contribution < 1.29 is 9.59 Å². The summed E-state index contributed by atoms with van der Waals surface area (Å²) in [5, 5.41) is 16.6. The first-order valence-corrected chi connectivity index (χ1v) is 6.65. The third-order valence-corrected chi connectivity index (χ3v) is 3.29. The lowest BCUT2D eigenvalue weighted by atomic mass is 10.1. The van der Waals surface area contributed by atoms with Crippen molar-refractivity contribution in [3.63, 3.8) is 0 Å². The summed E-state index contributed by atoms with van der Waals surface area (Å²) in [7, 11) is 0. The molecule has 8 heteroatoms. The van der Waals surface area contributed by atoms with E-state index >= 15 is 0 Å². The number of rotatable bonds is 6. The number of H-pyrrole nitrogens is 1. The van der Waals surface area contributed by atoms with Gasteiger partial charge in [-0.1, -0.05) is 17.3 Å². The number of carbonyl (C=O) groups excluding carboxylic acids is 2. The zero-order chi connectivity index (χ0) is 14.7. The molecule has 1 aromatic heterocycles. The maximum atomic E-state index is 12.1. The van der Waals surface area contributed by atoms with Crippen molar-refractivity contribution in [2.24, 2.45) is 0 Å². The van der Waals surface area contributed by atoms with Gasteiger partial charge in [0.2, 0.25) is 0 Å². The first-order chi connectivity index (χ1) is 10.3. The van der Waals surface area contributed by atoms with Crippen LogP contribution in [0.15, 0.2) is 24.3 Å². The Morgan fingerprint density at radius 1 is 1.14 bits per heavy atom. The lowest BCUT2D eigenvalue weighted by Gasteiger charge is -2.13. The topological polar surface area (TPSA) is 104 Å². The summed E-state index contributed by atoms with van der Waals surface area (Å²) in [6.45, 7) is 1.55. The molecule has 2 heterocycles. The van der Waals surface area contributed by atoms with E-state index in [1.54, 1.807) is 24.3 Å². The van der Waals surface area contributed by atoms with Crippen molar-refractivity contribution in [2.75, 3.05) is 13.1 Å². The molecule has 2 aromatic rings. The number of hydrogen-bond acceptors (Lipinski definition) is 6. The highest BCUT2D eigenvalue weighted by molar-refractivity contribution is 6.21. The van der Waals surface area contributed by atoms with E-state index in [1.165, 1.54) is 4.90 Å². The number of nitrogens with one attached hydrogen (secondary N) is 2. The monoisotopic (exact) mass is 286 g/mol. The minimum Gasteiger partial charge on any atom is -0.310 e. The molecule has 108 valence electrons. The fourth-order valence-electron chi connectivity index (χ4n) is 2.26. The standard InChI is InChI=1S/C13H14N6O2/c20-12-9-4-1-2-5-10(9)13(21)19(12)7-3-6-14-8-11-15-17-18-16-11/h1-2,4-5,14H,3,6-8H2,(H,15,16,17,18). The molecule has 2 N–H and O–H groups in total. The van der Waals surface area contributed by atoms with E-state index in [9.17, 15) is 9.59 Å². The summed E-state index contributed by atoms with van der Waals surface area (Å²) in [6.07, 6.45) is 0.670. The molecule has 0 spiro atoms. The predicted octanol–water partition coefficient (Wildman–Crippen LogP) is -0.0244. The number of carbonyl (C=O) groups is 2. The molecule has 1 aliphatic heterocycles. The van der Waals surface area contributed by atoms with Gasteiger partial charge in [-0.25, -0.2) is 0 Å². The summed E-state index contributed by atoms with van der Waals surface area (Å²) in [5.74, 6) is 0.151. The quantitative estimate of drug-likeness (QED) is 0.571. The first kappa shape index (κ1) is 13.4. The van der Waals surface area contributed by atoms with Crippen molar-refractivity contribution in [1.29, 1.82) is 0 Å². The minimum absolute atomic E-state index is 0.214. The van der Waals surface area contributed by atoms with E-state index in [0.717, 1.165) is 0 Å². The molecule has 0 unspecified atom stereocenters. The Morgan fingerprint density at radius 3 is 2.48 bits per heavy atom. The van der Waals surface area contributed by atoms with Crippen LogP contribution in [0.2, 0.25) is 0 Å². The highest BCUT2D eigenvalue weighted by atomic mass is 16.2. The molecular weight excluding hydrogens is 272 g/mol. The fraction of sp³-hybridized carbons (Fsp3) is 0.308. The summed E-state index contributed by atoms with van der Waals surface area (Å²) in [5.41, 5.74) is 0.976. The molecule has 0 saturated carbocycles. The Morgan fingerprint density at radius 2 is 1.86 bits per heavy atom. The second-order valence-corrected chi connectivity index (χ2v) is 4.67. The van der Waals surface area contributed by atoms with Gasteiger partial charge in [-0.05, 0) is 25.1 Å². The molecule has 8 nitrogen and oxygen atoms in total. The van der Waals surface area contributed by atoms with E-state index in [-0.39, 0.29) is 11.8 Å². The van der Waals surface area contributed by atoms with Gasteiger partial charge in [-0.15, -0.1) is 10.2 Å². The summed E-state index contributed by atoms with van der Waals surface area (Å²) >= 11 is 0. The molecule has 0 saturated heterocycles. The first-order valence-electron chi connectivity index (χ1n) is 6.65. The van der Waals surface area contributed by atoms with Crippen LogP contribution in [0.1, 0.15) is 33.0 Å². The SMILES string of the molecule is O=C1c2ccccc2C(=O)N1CCCNCc1nn[nH]n1. The van der Waals surface area contributed by atoms with Crippen molar-refractivity contribution in [1.82, 2.24) is 30.8 Å². The third kappa shape index (κ3) is 2.65. The van der Waals surface area contributed by atoms with E-state index in [4.69, 9.17) is 0 Å². The normalized spacial score (nSPS) is 13.8. The Kier molecular flexibility index (Phi) is 3.69. The van der Waals surface area contributed by atoms with Gasteiger partial charge in [0.1, 0.15) is 0 Å². The van der Waals surface area contributed by atoms with Crippen LogP contribution < -0.4 is 5.32 Å². The van der Waals surface area contributed by atoms with Gasteiger partial charge in [-0.3, -0.25) is 14.5 Å². The summed E-state index contributed by atoms with van der Waals surface area (Å²) < 4.78 is 0. The molecule has 1 aromatic carbocycles. The number of aromatic amines is 1. The van der Waals surface area contributed by atoms with Crippen LogP contribution in [0.5, 0.6) is 0 Å². The maximum absolute atomic E-state index is 12.1. The third-order valence-electron chi connectivity index (χ3n) is 3.29. The number of imide groups is 1. The van der Waals surface area contributed by atoms with Gasteiger partial charge in [0.05, 0.1) is 17.7 Å². The molecule has 0 bridgehead atoms. The van der Waals surface area contributed by atoms with Crippen molar-refractivity contribution in [3.8, 4) is 0 Å². The van der Waals surface area contributed by atoms with Crippen LogP contribution in [0.4, 0.5) is 0 Å². The Bertz CT molecular complexity index is 619. The van der Waals surface area contributed by atoms with Crippen LogP contribution >= 0.6 is 0 Å². The summed E-state index contributed by atoms with van der Waals surface area (Å²) in [6, 6.07) is 6.90. The smallest absolute Gasteiger partial charge is 0.261 e. The zero-order valence-corrected chi connectivity index (χ0v) is 11.2. The second-order valence-electron chi connectivity index (χ2n) is 4.67. The lowest BCUT2D eigenvalue weighted by Crippen LogP contribution is -2.32. The van der Waals surface area contributed by atoms with Crippen LogP contribution in [0, 0.1) is 0 Å². The number of fused-ring (bicyclic) bond motifs is 1. The van der Waals surface area contributed by atoms with Crippen molar-refractivity contribution in [3.05, 3.63) is 41.2 Å². The minimum atomic E-state index is -0.214. The fourth-order valence-corrected chi connectivity index (χ4v) is 2.26. The second kappa shape index (κ2) is 5.80. The molecule has 1 aliphatic rings. The van der Waals surface area contributed by atoms with Crippen LogP contribution in [0.3, 0.4) is 0 Å². The van der Waals surface area contributed by atoms with Crippen molar-refractivity contribution in [2.45, 2.75) is 13.0 Å². The predicted molar refractivity (Wildman–Crippen MR) is 72.3 cm³/mol. The Balaban J connectivity index is 1.48. The molecular formula is C13H14N6O2. The van der Waals surface area contributed by atoms with E-state index < -0.39 is 0 Å². The highest BCUT2D eigenvalue weighted by Gasteiger charge is 2.34. The molecule has 0 atom stereocenters. The van der Waals surface area contributed by atoms with Gasteiger partial charge in [0.15, 0.2) is 5.82 Å². The molecule has 2 amide bonds. The summed E-state index contributed by atoms with van der Waals surface area (Å²) in [4.78, 5) is 25.5. The van der Waals surface area contributed by atoms with Gasteiger partial charge < -0.3 is 5.32 Å². The van der Waals surface area contributed by atoms with E-state index in [2.05, 4.69) is 25.9 Å².